The van der Waals surface area contributed by atoms with E-state index in [4.69, 9.17) is 23.2 Å². The Labute approximate surface area is 108 Å². The molecule has 2 rings (SSSR count). The molecule has 1 heterocycles. The monoisotopic (exact) mass is 272 g/mol. The molecule has 0 spiro atoms. The summed E-state index contributed by atoms with van der Waals surface area (Å²) < 4.78 is 1.46. The second kappa shape index (κ2) is 4.29. The van der Waals surface area contributed by atoms with Crippen molar-refractivity contribution in [3.05, 3.63) is 40.9 Å². The maximum atomic E-state index is 11.6. The minimum Gasteiger partial charge on any atom is -0.375 e. The number of hydrogen-bond donors (Lipinski definition) is 1. The van der Waals surface area contributed by atoms with Crippen molar-refractivity contribution in [1.82, 2.24) is 9.55 Å². The molecule has 0 aliphatic heterocycles. The summed E-state index contributed by atoms with van der Waals surface area (Å²) in [6.07, 6.45) is 7.93. The van der Waals surface area contributed by atoms with Crippen LogP contribution >= 0.6 is 23.2 Å². The smallest absolute Gasteiger partial charge is 0.204 e. The molecule has 0 saturated carbocycles. The molecule has 0 aromatic carbocycles. The van der Waals surface area contributed by atoms with Gasteiger partial charge in [-0.2, -0.15) is 0 Å². The SMILES string of the molecule is CC(=O)[C@]1(O)C=CC=C[C@@H]1n1cc(Cl)nc1Cl. The molecule has 1 aromatic heterocycles. The number of carbonyl (C=O) groups excluding carboxylic acids is 1. The van der Waals surface area contributed by atoms with Crippen LogP contribution in [-0.2, 0) is 4.79 Å². The fourth-order valence-corrected chi connectivity index (χ4v) is 2.26. The van der Waals surface area contributed by atoms with E-state index in [1.54, 1.807) is 18.2 Å². The van der Waals surface area contributed by atoms with Crippen LogP contribution in [-0.4, -0.2) is 26.0 Å². The minimum absolute atomic E-state index is 0.125. The van der Waals surface area contributed by atoms with Crippen LogP contribution in [0.2, 0.25) is 10.4 Å². The Balaban J connectivity index is 2.50. The van der Waals surface area contributed by atoms with Gasteiger partial charge < -0.3 is 9.67 Å². The quantitative estimate of drug-likeness (QED) is 0.898. The van der Waals surface area contributed by atoms with E-state index in [9.17, 15) is 9.90 Å². The summed E-state index contributed by atoms with van der Waals surface area (Å²) in [4.78, 5) is 15.4. The van der Waals surface area contributed by atoms with Crippen LogP contribution in [0.25, 0.3) is 0 Å². The molecule has 1 aromatic rings. The molecule has 0 bridgehead atoms. The summed E-state index contributed by atoms with van der Waals surface area (Å²) in [5.74, 6) is -0.371. The second-order valence-electron chi connectivity index (χ2n) is 3.81. The first-order chi connectivity index (χ1) is 7.95. The number of hydrogen-bond acceptors (Lipinski definition) is 3. The molecule has 17 heavy (non-hydrogen) atoms. The van der Waals surface area contributed by atoms with Gasteiger partial charge in [0.05, 0.1) is 6.04 Å². The standard InChI is InChI=1S/C11H10Cl2N2O2/c1-7(16)11(17)5-3-2-4-8(11)15-6-9(12)14-10(15)13/h2-6,8,17H,1H3/t8-,11+/m0/s1. The van der Waals surface area contributed by atoms with Gasteiger partial charge in [0, 0.05) is 6.20 Å². The van der Waals surface area contributed by atoms with Crippen molar-refractivity contribution in [2.75, 3.05) is 0 Å². The minimum atomic E-state index is -1.62. The molecule has 4 nitrogen and oxygen atoms in total. The molecular weight excluding hydrogens is 263 g/mol. The summed E-state index contributed by atoms with van der Waals surface area (Å²) in [5.41, 5.74) is -1.62. The highest BCUT2D eigenvalue weighted by Gasteiger charge is 2.40. The Kier molecular flexibility index (Phi) is 3.12. The van der Waals surface area contributed by atoms with Gasteiger partial charge in [-0.3, -0.25) is 4.79 Å². The van der Waals surface area contributed by atoms with Crippen molar-refractivity contribution in [2.24, 2.45) is 0 Å². The number of halogens is 2. The van der Waals surface area contributed by atoms with Gasteiger partial charge in [0.15, 0.2) is 11.4 Å². The number of nitrogens with zero attached hydrogens (tertiary/aromatic N) is 2. The molecule has 0 unspecified atom stereocenters. The van der Waals surface area contributed by atoms with E-state index in [0.29, 0.717) is 0 Å². The largest absolute Gasteiger partial charge is 0.375 e. The highest BCUT2D eigenvalue weighted by molar-refractivity contribution is 6.32. The Morgan fingerprint density at radius 1 is 1.53 bits per heavy atom. The number of rotatable bonds is 2. The van der Waals surface area contributed by atoms with Crippen LogP contribution in [0.3, 0.4) is 0 Å². The van der Waals surface area contributed by atoms with Gasteiger partial charge in [-0.25, -0.2) is 4.98 Å². The van der Waals surface area contributed by atoms with E-state index in [1.165, 1.54) is 23.8 Å². The zero-order valence-corrected chi connectivity index (χ0v) is 10.5. The van der Waals surface area contributed by atoms with E-state index in [0.717, 1.165) is 0 Å². The summed E-state index contributed by atoms with van der Waals surface area (Å²) in [7, 11) is 0. The lowest BCUT2D eigenvalue weighted by Crippen LogP contribution is -2.44. The number of carbonyl (C=O) groups is 1. The Morgan fingerprint density at radius 3 is 2.76 bits per heavy atom. The third kappa shape index (κ3) is 2.04. The van der Waals surface area contributed by atoms with Crippen LogP contribution in [0, 0.1) is 0 Å². The molecule has 6 heteroatoms. The number of aromatic nitrogens is 2. The lowest BCUT2D eigenvalue weighted by Gasteiger charge is -2.32. The van der Waals surface area contributed by atoms with Crippen LogP contribution < -0.4 is 0 Å². The molecule has 2 atom stereocenters. The van der Waals surface area contributed by atoms with Gasteiger partial charge >= 0.3 is 0 Å². The molecule has 1 aliphatic carbocycles. The normalized spacial score (nSPS) is 27.4. The number of Topliss-reactive ketones (excluding diaryl/α,β-unsaturated/α-hetero) is 1. The van der Waals surface area contributed by atoms with E-state index in [1.807, 2.05) is 0 Å². The van der Waals surface area contributed by atoms with Gasteiger partial charge in [0.2, 0.25) is 5.28 Å². The van der Waals surface area contributed by atoms with Crippen molar-refractivity contribution in [3.8, 4) is 0 Å². The third-order valence-electron chi connectivity index (χ3n) is 2.73. The predicted molar refractivity (Wildman–Crippen MR) is 65.2 cm³/mol. The molecule has 1 aliphatic rings. The van der Waals surface area contributed by atoms with Crippen molar-refractivity contribution in [3.63, 3.8) is 0 Å². The first kappa shape index (κ1) is 12.4. The Hall–Kier alpha value is -1.10. The number of aliphatic hydroxyl groups is 1. The molecule has 90 valence electrons. The van der Waals surface area contributed by atoms with Gasteiger partial charge in [-0.15, -0.1) is 0 Å². The topological polar surface area (TPSA) is 55.1 Å². The number of allylic oxidation sites excluding steroid dienone is 2. The summed E-state index contributed by atoms with van der Waals surface area (Å²) in [6.45, 7) is 1.32. The van der Waals surface area contributed by atoms with Crippen molar-refractivity contribution in [2.45, 2.75) is 18.6 Å². The van der Waals surface area contributed by atoms with Crippen LogP contribution in [0.5, 0.6) is 0 Å². The fraction of sp³-hybridized carbons (Fsp3) is 0.273. The molecular formula is C11H10Cl2N2O2. The highest BCUT2D eigenvalue weighted by Crippen LogP contribution is 2.33. The molecule has 0 fully saturated rings. The first-order valence-electron chi connectivity index (χ1n) is 4.94. The van der Waals surface area contributed by atoms with Crippen LogP contribution in [0.15, 0.2) is 30.5 Å². The van der Waals surface area contributed by atoms with Gasteiger partial charge in [-0.1, -0.05) is 29.8 Å². The molecule has 0 radical (unpaired) electrons. The maximum absolute atomic E-state index is 11.6. The zero-order valence-electron chi connectivity index (χ0n) is 8.97. The van der Waals surface area contributed by atoms with Gasteiger partial charge in [0.1, 0.15) is 5.15 Å². The first-order valence-corrected chi connectivity index (χ1v) is 5.70. The zero-order chi connectivity index (χ0) is 12.6. The Bertz CT molecular complexity index is 522. The van der Waals surface area contributed by atoms with Crippen molar-refractivity contribution >= 4 is 29.0 Å². The average Bonchev–Trinajstić information content (AvgIpc) is 2.58. The van der Waals surface area contributed by atoms with E-state index < -0.39 is 11.6 Å². The second-order valence-corrected chi connectivity index (χ2v) is 4.54. The average molecular weight is 273 g/mol. The lowest BCUT2D eigenvalue weighted by atomic mass is 9.86. The maximum Gasteiger partial charge on any atom is 0.204 e. The molecule has 0 amide bonds. The third-order valence-corrected chi connectivity index (χ3v) is 3.19. The number of imidazole rings is 1. The Morgan fingerprint density at radius 2 is 2.24 bits per heavy atom. The lowest BCUT2D eigenvalue weighted by molar-refractivity contribution is -0.133. The van der Waals surface area contributed by atoms with Crippen LogP contribution in [0.4, 0.5) is 0 Å². The van der Waals surface area contributed by atoms with Gasteiger partial charge in [0.25, 0.3) is 0 Å². The molecule has 1 N–H and O–H groups in total. The number of ketones is 1. The van der Waals surface area contributed by atoms with E-state index in [2.05, 4.69) is 4.98 Å². The van der Waals surface area contributed by atoms with E-state index in [-0.39, 0.29) is 16.2 Å². The van der Waals surface area contributed by atoms with Crippen LogP contribution in [0.1, 0.15) is 13.0 Å². The van der Waals surface area contributed by atoms with Crippen molar-refractivity contribution < 1.29 is 9.90 Å². The van der Waals surface area contributed by atoms with Gasteiger partial charge in [-0.05, 0) is 24.6 Å². The summed E-state index contributed by atoms with van der Waals surface area (Å²) >= 11 is 11.6. The summed E-state index contributed by atoms with van der Waals surface area (Å²) in [6, 6.07) is -0.641. The predicted octanol–water partition coefficient (Wildman–Crippen LogP) is 2.18. The summed E-state index contributed by atoms with van der Waals surface area (Å²) in [5, 5.41) is 10.7. The van der Waals surface area contributed by atoms with E-state index >= 15 is 0 Å². The fourth-order valence-electron chi connectivity index (χ4n) is 1.79. The molecule has 0 saturated heterocycles. The highest BCUT2D eigenvalue weighted by atomic mass is 35.5. The van der Waals surface area contributed by atoms with Crippen molar-refractivity contribution in [1.29, 1.82) is 0 Å².